The molecule has 1 aliphatic heterocycles. The summed E-state index contributed by atoms with van der Waals surface area (Å²) in [4.78, 5) is 2.38. The summed E-state index contributed by atoms with van der Waals surface area (Å²) in [5, 5.41) is 12.0. The van der Waals surface area contributed by atoms with Gasteiger partial charge in [-0.25, -0.2) is 0 Å². The van der Waals surface area contributed by atoms with Crippen LogP contribution in [0.3, 0.4) is 0 Å². The Hall–Kier alpha value is -1.55. The molecule has 0 bridgehead atoms. The summed E-state index contributed by atoms with van der Waals surface area (Å²) < 4.78 is 0. The van der Waals surface area contributed by atoms with E-state index in [0.717, 1.165) is 12.1 Å². The fourth-order valence-corrected chi connectivity index (χ4v) is 2.59. The van der Waals surface area contributed by atoms with E-state index in [0.29, 0.717) is 6.04 Å². The van der Waals surface area contributed by atoms with Crippen LogP contribution in [-0.2, 0) is 0 Å². The molecule has 0 spiro atoms. The van der Waals surface area contributed by atoms with Gasteiger partial charge >= 0.3 is 0 Å². The Morgan fingerprint density at radius 3 is 3.29 bits per heavy atom. The Morgan fingerprint density at radius 2 is 2.41 bits per heavy atom. The zero-order valence-electron chi connectivity index (χ0n) is 10.1. The minimum absolute atomic E-state index is 0.544. The number of benzene rings is 1. The SMILES string of the molecule is CN1CCCC(Nc2cccc3cn[nH]c23)C1. The second-order valence-electron chi connectivity index (χ2n) is 4.89. The first kappa shape index (κ1) is 10.6. The highest BCUT2D eigenvalue weighted by molar-refractivity contribution is 5.90. The van der Waals surface area contributed by atoms with Crippen LogP contribution in [0.5, 0.6) is 0 Å². The number of nitrogens with zero attached hydrogens (tertiary/aromatic N) is 2. The molecule has 0 aliphatic carbocycles. The Labute approximate surface area is 101 Å². The molecule has 1 aromatic heterocycles. The maximum atomic E-state index is 4.09. The third-order valence-electron chi connectivity index (χ3n) is 3.46. The number of aromatic nitrogens is 2. The number of likely N-dealkylation sites (tertiary alicyclic amines) is 1. The summed E-state index contributed by atoms with van der Waals surface area (Å²) >= 11 is 0. The van der Waals surface area contributed by atoms with Crippen molar-refractivity contribution in [2.75, 3.05) is 25.5 Å². The quantitative estimate of drug-likeness (QED) is 0.830. The van der Waals surface area contributed by atoms with Gasteiger partial charge in [0.2, 0.25) is 0 Å². The van der Waals surface area contributed by atoms with Crippen molar-refractivity contribution in [3.63, 3.8) is 0 Å². The van der Waals surface area contributed by atoms with E-state index in [1.807, 2.05) is 6.20 Å². The molecule has 4 nitrogen and oxygen atoms in total. The van der Waals surface area contributed by atoms with Crippen LogP contribution >= 0.6 is 0 Å². The zero-order valence-corrected chi connectivity index (χ0v) is 10.1. The van der Waals surface area contributed by atoms with E-state index in [1.54, 1.807) is 0 Å². The molecule has 2 heterocycles. The minimum atomic E-state index is 0.544. The molecule has 0 saturated carbocycles. The number of anilines is 1. The molecule has 1 saturated heterocycles. The first-order valence-corrected chi connectivity index (χ1v) is 6.20. The molecule has 17 heavy (non-hydrogen) atoms. The smallest absolute Gasteiger partial charge is 0.0881 e. The highest BCUT2D eigenvalue weighted by atomic mass is 15.1. The van der Waals surface area contributed by atoms with Gasteiger partial charge in [0.25, 0.3) is 0 Å². The summed E-state index contributed by atoms with van der Waals surface area (Å²) in [6.45, 7) is 2.33. The van der Waals surface area contributed by atoms with Crippen LogP contribution in [0.2, 0.25) is 0 Å². The van der Waals surface area contributed by atoms with Crippen molar-refractivity contribution < 1.29 is 0 Å². The number of para-hydroxylation sites is 1. The van der Waals surface area contributed by atoms with E-state index < -0.39 is 0 Å². The fraction of sp³-hybridized carbons (Fsp3) is 0.462. The van der Waals surface area contributed by atoms with Gasteiger partial charge in [-0.05, 0) is 32.5 Å². The van der Waals surface area contributed by atoms with Gasteiger partial charge in [-0.15, -0.1) is 0 Å². The monoisotopic (exact) mass is 230 g/mol. The lowest BCUT2D eigenvalue weighted by molar-refractivity contribution is 0.261. The predicted molar refractivity (Wildman–Crippen MR) is 70.2 cm³/mol. The van der Waals surface area contributed by atoms with Gasteiger partial charge in [0.05, 0.1) is 17.4 Å². The lowest BCUT2D eigenvalue weighted by Crippen LogP contribution is -2.39. The minimum Gasteiger partial charge on any atom is -0.379 e. The van der Waals surface area contributed by atoms with Gasteiger partial charge in [-0.1, -0.05) is 12.1 Å². The molecule has 0 radical (unpaired) electrons. The molecule has 2 aromatic rings. The first-order chi connectivity index (χ1) is 8.33. The fourth-order valence-electron chi connectivity index (χ4n) is 2.59. The Bertz CT molecular complexity index is 505. The molecule has 0 amide bonds. The van der Waals surface area contributed by atoms with Crippen molar-refractivity contribution in [3.8, 4) is 0 Å². The molecular formula is C13H18N4. The molecule has 1 fully saturated rings. The summed E-state index contributed by atoms with van der Waals surface area (Å²) in [6, 6.07) is 6.82. The average Bonchev–Trinajstić information content (AvgIpc) is 2.78. The van der Waals surface area contributed by atoms with Crippen molar-refractivity contribution in [1.82, 2.24) is 15.1 Å². The van der Waals surface area contributed by atoms with Crippen LogP contribution < -0.4 is 5.32 Å². The number of H-pyrrole nitrogens is 1. The number of rotatable bonds is 2. The van der Waals surface area contributed by atoms with Crippen molar-refractivity contribution in [1.29, 1.82) is 0 Å². The Morgan fingerprint density at radius 1 is 1.47 bits per heavy atom. The van der Waals surface area contributed by atoms with Crippen LogP contribution in [0.15, 0.2) is 24.4 Å². The van der Waals surface area contributed by atoms with Gasteiger partial charge in [-0.2, -0.15) is 5.10 Å². The van der Waals surface area contributed by atoms with Crippen LogP contribution in [0.1, 0.15) is 12.8 Å². The van der Waals surface area contributed by atoms with E-state index >= 15 is 0 Å². The second-order valence-corrected chi connectivity index (χ2v) is 4.89. The molecule has 3 rings (SSSR count). The van der Waals surface area contributed by atoms with Crippen LogP contribution in [0.25, 0.3) is 10.9 Å². The largest absolute Gasteiger partial charge is 0.379 e. The zero-order chi connectivity index (χ0) is 11.7. The second kappa shape index (κ2) is 4.37. The molecule has 2 N–H and O–H groups in total. The number of aromatic amines is 1. The number of piperidine rings is 1. The molecule has 4 heteroatoms. The topological polar surface area (TPSA) is 44.0 Å². The molecule has 1 atom stereocenters. The average molecular weight is 230 g/mol. The highest BCUT2D eigenvalue weighted by Gasteiger charge is 2.17. The standard InChI is InChI=1S/C13H18N4/c1-17-7-3-5-11(9-17)15-12-6-2-4-10-8-14-16-13(10)12/h2,4,6,8,11,15H,3,5,7,9H2,1H3,(H,14,16). The van der Waals surface area contributed by atoms with Crippen molar-refractivity contribution in [3.05, 3.63) is 24.4 Å². The summed E-state index contributed by atoms with van der Waals surface area (Å²) in [6.07, 6.45) is 4.38. The van der Waals surface area contributed by atoms with Crippen molar-refractivity contribution in [2.24, 2.45) is 0 Å². The molecular weight excluding hydrogens is 212 g/mol. The molecule has 1 aromatic carbocycles. The molecule has 1 aliphatic rings. The normalized spacial score (nSPS) is 21.8. The Balaban J connectivity index is 1.82. The lowest BCUT2D eigenvalue weighted by atomic mass is 10.1. The van der Waals surface area contributed by atoms with Crippen LogP contribution in [-0.4, -0.2) is 41.3 Å². The number of nitrogens with one attached hydrogen (secondary N) is 2. The number of hydrogen-bond donors (Lipinski definition) is 2. The lowest BCUT2D eigenvalue weighted by Gasteiger charge is -2.31. The maximum Gasteiger partial charge on any atom is 0.0881 e. The van der Waals surface area contributed by atoms with Crippen molar-refractivity contribution in [2.45, 2.75) is 18.9 Å². The maximum absolute atomic E-state index is 4.09. The van der Waals surface area contributed by atoms with Gasteiger partial charge in [0, 0.05) is 18.0 Å². The van der Waals surface area contributed by atoms with Crippen molar-refractivity contribution >= 4 is 16.6 Å². The van der Waals surface area contributed by atoms with E-state index in [-0.39, 0.29) is 0 Å². The third-order valence-corrected chi connectivity index (χ3v) is 3.46. The van der Waals surface area contributed by atoms with Gasteiger partial charge in [-0.3, -0.25) is 5.10 Å². The highest BCUT2D eigenvalue weighted by Crippen LogP contribution is 2.23. The first-order valence-electron chi connectivity index (χ1n) is 6.20. The van der Waals surface area contributed by atoms with Crippen LogP contribution in [0.4, 0.5) is 5.69 Å². The predicted octanol–water partition coefficient (Wildman–Crippen LogP) is 2.07. The summed E-state index contributed by atoms with van der Waals surface area (Å²) in [5.41, 5.74) is 2.28. The summed E-state index contributed by atoms with van der Waals surface area (Å²) in [7, 11) is 2.19. The summed E-state index contributed by atoms with van der Waals surface area (Å²) in [5.74, 6) is 0. The van der Waals surface area contributed by atoms with E-state index in [9.17, 15) is 0 Å². The molecule has 90 valence electrons. The number of fused-ring (bicyclic) bond motifs is 1. The number of likely N-dealkylation sites (N-methyl/N-ethyl adjacent to an activating group) is 1. The van der Waals surface area contributed by atoms with Gasteiger partial charge < -0.3 is 10.2 Å². The Kier molecular flexibility index (Phi) is 2.73. The number of hydrogen-bond acceptors (Lipinski definition) is 3. The van der Waals surface area contributed by atoms with Crippen LogP contribution in [0, 0.1) is 0 Å². The van der Waals surface area contributed by atoms with E-state index in [4.69, 9.17) is 0 Å². The van der Waals surface area contributed by atoms with E-state index in [2.05, 4.69) is 45.7 Å². The third kappa shape index (κ3) is 2.13. The van der Waals surface area contributed by atoms with Gasteiger partial charge in [0.1, 0.15) is 0 Å². The molecule has 1 unspecified atom stereocenters. The van der Waals surface area contributed by atoms with Gasteiger partial charge in [0.15, 0.2) is 0 Å². The van der Waals surface area contributed by atoms with E-state index in [1.165, 1.54) is 30.5 Å².